The Kier molecular flexibility index (Phi) is 7.22. The number of anilines is 2. The number of piperidine rings is 1. The molecule has 186 valence electrons. The van der Waals surface area contributed by atoms with E-state index in [0.29, 0.717) is 17.7 Å². The van der Waals surface area contributed by atoms with Gasteiger partial charge in [-0.15, -0.1) is 0 Å². The summed E-state index contributed by atoms with van der Waals surface area (Å²) in [5.41, 5.74) is 2.04. The van der Waals surface area contributed by atoms with Gasteiger partial charge in [-0.2, -0.15) is 0 Å². The molecule has 0 unspecified atom stereocenters. The summed E-state index contributed by atoms with van der Waals surface area (Å²) in [6, 6.07) is 2.12. The molecule has 0 spiro atoms. The van der Waals surface area contributed by atoms with Gasteiger partial charge in [-0.1, -0.05) is 6.92 Å². The fourth-order valence-corrected chi connectivity index (χ4v) is 4.97. The van der Waals surface area contributed by atoms with Crippen molar-refractivity contribution in [2.24, 2.45) is 0 Å². The Labute approximate surface area is 206 Å². The predicted molar refractivity (Wildman–Crippen MR) is 136 cm³/mol. The fourth-order valence-electron chi connectivity index (χ4n) is 4.97. The van der Waals surface area contributed by atoms with Crippen molar-refractivity contribution in [3.63, 3.8) is 0 Å². The first-order chi connectivity index (χ1) is 17.1. The average Bonchev–Trinajstić information content (AvgIpc) is 2.90. The van der Waals surface area contributed by atoms with E-state index in [4.69, 9.17) is 14.7 Å². The molecule has 1 atom stereocenters. The van der Waals surface area contributed by atoms with Crippen molar-refractivity contribution in [2.45, 2.75) is 83.0 Å². The summed E-state index contributed by atoms with van der Waals surface area (Å²) in [5, 5.41) is 14.3. The molecule has 0 bridgehead atoms. The second-order valence-corrected chi connectivity index (χ2v) is 9.79. The topological polar surface area (TPSA) is 109 Å². The molecule has 1 aliphatic heterocycles. The van der Waals surface area contributed by atoms with E-state index in [2.05, 4.69) is 39.0 Å². The number of nitrogens with one attached hydrogen (secondary N) is 1. The van der Waals surface area contributed by atoms with Crippen LogP contribution in [-0.4, -0.2) is 61.4 Å². The van der Waals surface area contributed by atoms with Crippen LogP contribution in [0.25, 0.3) is 10.9 Å². The van der Waals surface area contributed by atoms with E-state index < -0.39 is 0 Å². The average molecular weight is 478 g/mol. The van der Waals surface area contributed by atoms with Crippen LogP contribution < -0.4 is 15.0 Å². The molecule has 1 aliphatic carbocycles. The molecule has 1 saturated carbocycles. The minimum atomic E-state index is -0.197. The molecule has 4 heterocycles. The van der Waals surface area contributed by atoms with Gasteiger partial charge in [-0.3, -0.25) is 0 Å². The van der Waals surface area contributed by atoms with Gasteiger partial charge in [0.25, 0.3) is 0 Å². The minimum absolute atomic E-state index is 0.0688. The van der Waals surface area contributed by atoms with Gasteiger partial charge < -0.3 is 20.1 Å². The van der Waals surface area contributed by atoms with Crippen molar-refractivity contribution >= 4 is 22.8 Å². The van der Waals surface area contributed by atoms with Crippen molar-refractivity contribution in [3.05, 3.63) is 36.4 Å². The first-order valence-electron chi connectivity index (χ1n) is 12.9. The zero-order valence-electron chi connectivity index (χ0n) is 20.6. The number of hydrogen-bond donors (Lipinski definition) is 2. The molecule has 0 aromatic carbocycles. The van der Waals surface area contributed by atoms with Crippen LogP contribution in [0.4, 0.5) is 11.9 Å². The maximum Gasteiger partial charge on any atom is 0.225 e. The van der Waals surface area contributed by atoms with Crippen LogP contribution in [0.3, 0.4) is 0 Å². The van der Waals surface area contributed by atoms with Crippen LogP contribution in [0, 0.1) is 0 Å². The van der Waals surface area contributed by atoms with Gasteiger partial charge in [0.1, 0.15) is 6.10 Å². The molecule has 9 heteroatoms. The number of aliphatic hydroxyl groups excluding tert-OH is 1. The number of pyridine rings is 1. The predicted octanol–water partition coefficient (Wildman–Crippen LogP) is 4.09. The van der Waals surface area contributed by atoms with Gasteiger partial charge in [-0.25, -0.2) is 24.9 Å². The van der Waals surface area contributed by atoms with Crippen molar-refractivity contribution in [3.8, 4) is 5.88 Å². The lowest BCUT2D eigenvalue weighted by Gasteiger charge is -2.32. The van der Waals surface area contributed by atoms with Gasteiger partial charge in [-0.05, 0) is 51.0 Å². The lowest BCUT2D eigenvalue weighted by molar-refractivity contribution is 0.122. The third kappa shape index (κ3) is 5.45. The molecule has 0 amide bonds. The molecule has 2 N–H and O–H groups in total. The van der Waals surface area contributed by atoms with Crippen LogP contribution in [0.2, 0.25) is 0 Å². The molecule has 3 aromatic rings. The smallest absolute Gasteiger partial charge is 0.225 e. The van der Waals surface area contributed by atoms with Crippen molar-refractivity contribution in [1.82, 2.24) is 24.9 Å². The Morgan fingerprint density at radius 1 is 1.03 bits per heavy atom. The largest absolute Gasteiger partial charge is 0.474 e. The van der Waals surface area contributed by atoms with E-state index in [0.717, 1.165) is 80.4 Å². The number of hydrogen-bond acceptors (Lipinski definition) is 9. The number of fused-ring (bicyclic) bond motifs is 1. The molecule has 0 radical (unpaired) electrons. The lowest BCUT2D eigenvalue weighted by Crippen LogP contribution is -2.39. The van der Waals surface area contributed by atoms with E-state index in [1.807, 2.05) is 18.5 Å². The van der Waals surface area contributed by atoms with Gasteiger partial charge in [0.2, 0.25) is 17.8 Å². The summed E-state index contributed by atoms with van der Waals surface area (Å²) >= 11 is 0. The summed E-state index contributed by atoms with van der Waals surface area (Å²) < 4.78 is 6.44. The van der Waals surface area contributed by atoms with E-state index in [-0.39, 0.29) is 18.2 Å². The summed E-state index contributed by atoms with van der Waals surface area (Å²) in [4.78, 5) is 25.2. The third-order valence-electron chi connectivity index (χ3n) is 7.29. The Balaban J connectivity index is 1.38. The summed E-state index contributed by atoms with van der Waals surface area (Å²) in [6.45, 7) is 5.95. The molecule has 3 aromatic heterocycles. The Morgan fingerprint density at radius 3 is 2.49 bits per heavy atom. The van der Waals surface area contributed by atoms with Crippen molar-refractivity contribution < 1.29 is 9.84 Å². The minimum Gasteiger partial charge on any atom is -0.474 e. The Bertz CT molecular complexity index is 1110. The van der Waals surface area contributed by atoms with Gasteiger partial charge >= 0.3 is 0 Å². The number of nitrogens with zero attached hydrogens (tertiary/aromatic N) is 6. The summed E-state index contributed by atoms with van der Waals surface area (Å²) in [7, 11) is 0. The van der Waals surface area contributed by atoms with E-state index in [1.54, 1.807) is 12.4 Å². The first kappa shape index (κ1) is 23.7. The fraction of sp³-hybridized carbons (Fsp3) is 0.577. The zero-order valence-corrected chi connectivity index (χ0v) is 20.6. The van der Waals surface area contributed by atoms with Crippen LogP contribution in [0.1, 0.15) is 70.3 Å². The molecular formula is C26H35N7O2. The molecule has 5 rings (SSSR count). The summed E-state index contributed by atoms with van der Waals surface area (Å²) in [5.74, 6) is 2.34. The van der Waals surface area contributed by atoms with Crippen molar-refractivity contribution in [2.75, 3.05) is 23.3 Å². The quantitative estimate of drug-likeness (QED) is 0.520. The normalized spacial score (nSPS) is 22.2. The standard InChI is InChI=1S/C26H35N7O2/c1-3-17(2)31-25-30-16-22-23(32-25)21(18-5-7-19(34)8-6-18)15-29-24(22)35-20-9-13-33(14-10-20)26-27-11-4-12-28-26/h4,11-12,15-20,34H,3,5-10,13-14H2,1-2H3,(H,30,31,32)/t17-,18?,19?/m0/s1. The first-order valence-corrected chi connectivity index (χ1v) is 12.9. The number of rotatable bonds is 7. The zero-order chi connectivity index (χ0) is 24.2. The maximum atomic E-state index is 9.99. The second kappa shape index (κ2) is 10.7. The van der Waals surface area contributed by atoms with E-state index in [9.17, 15) is 5.11 Å². The Hall–Kier alpha value is -3.07. The summed E-state index contributed by atoms with van der Waals surface area (Å²) in [6.07, 6.45) is 13.5. The monoisotopic (exact) mass is 477 g/mol. The number of aromatic nitrogens is 5. The number of ether oxygens (including phenoxy) is 1. The molecular weight excluding hydrogens is 442 g/mol. The Morgan fingerprint density at radius 2 is 1.77 bits per heavy atom. The molecule has 9 nitrogen and oxygen atoms in total. The lowest BCUT2D eigenvalue weighted by atomic mass is 9.83. The molecule has 2 fully saturated rings. The SMILES string of the molecule is CC[C@H](C)Nc1ncc2c(OC3CCN(c4ncccn4)CC3)ncc(C3CCC(O)CC3)c2n1. The van der Waals surface area contributed by atoms with Gasteiger partial charge in [0, 0.05) is 62.3 Å². The van der Waals surface area contributed by atoms with Crippen LogP contribution in [0.15, 0.2) is 30.9 Å². The maximum absolute atomic E-state index is 9.99. The van der Waals surface area contributed by atoms with Gasteiger partial charge in [0.15, 0.2) is 0 Å². The van der Waals surface area contributed by atoms with E-state index >= 15 is 0 Å². The molecule has 35 heavy (non-hydrogen) atoms. The highest BCUT2D eigenvalue weighted by molar-refractivity contribution is 5.86. The number of aliphatic hydroxyl groups is 1. The highest BCUT2D eigenvalue weighted by Crippen LogP contribution is 2.38. The van der Waals surface area contributed by atoms with Crippen LogP contribution in [0.5, 0.6) is 5.88 Å². The third-order valence-corrected chi connectivity index (χ3v) is 7.29. The van der Waals surface area contributed by atoms with Gasteiger partial charge in [0.05, 0.1) is 17.0 Å². The highest BCUT2D eigenvalue weighted by Gasteiger charge is 2.27. The van der Waals surface area contributed by atoms with E-state index in [1.165, 1.54) is 0 Å². The molecule has 2 aliphatic rings. The highest BCUT2D eigenvalue weighted by atomic mass is 16.5. The van der Waals surface area contributed by atoms with Crippen molar-refractivity contribution in [1.29, 1.82) is 0 Å². The van der Waals surface area contributed by atoms with Crippen LogP contribution >= 0.6 is 0 Å². The van der Waals surface area contributed by atoms with Crippen LogP contribution in [-0.2, 0) is 0 Å². The molecule has 1 saturated heterocycles. The second-order valence-electron chi connectivity index (χ2n) is 9.79.